The monoisotopic (exact) mass is 629 g/mol. The molecular weight excluding hydrogens is 615 g/mol. The van der Waals surface area contributed by atoms with Gasteiger partial charge in [-0.2, -0.15) is 0 Å². The van der Waals surface area contributed by atoms with Gasteiger partial charge in [0, 0.05) is 20.7 Å². The van der Waals surface area contributed by atoms with Crippen molar-refractivity contribution in [2.24, 2.45) is 0 Å². The lowest BCUT2D eigenvalue weighted by Crippen LogP contribution is -2.21. The van der Waals surface area contributed by atoms with Gasteiger partial charge in [0.25, 0.3) is 0 Å². The molecule has 1 rings (SSSR count). The third kappa shape index (κ3) is 5.46. The molecule has 0 aliphatic carbocycles. The average Bonchev–Trinajstić information content (AvgIpc) is 2.34. The van der Waals surface area contributed by atoms with Crippen molar-refractivity contribution >= 4 is 85.3 Å². The normalized spacial score (nSPS) is 11.9. The van der Waals surface area contributed by atoms with E-state index in [0.29, 0.717) is 21.4 Å². The number of nitrogens with one attached hydrogen (secondary N) is 1. The first-order valence-electron chi connectivity index (χ1n) is 6.05. The van der Waals surface area contributed by atoms with Gasteiger partial charge < -0.3 is 14.8 Å². The highest BCUT2D eigenvalue weighted by molar-refractivity contribution is 14.1. The van der Waals surface area contributed by atoms with Gasteiger partial charge in [0.15, 0.2) is 6.29 Å². The minimum atomic E-state index is -0.613. The lowest BCUT2D eigenvalue weighted by atomic mass is 10.2. The zero-order valence-electron chi connectivity index (χ0n) is 11.6. The zero-order chi connectivity index (χ0) is 16.2. The molecule has 0 spiro atoms. The molecule has 1 N–H and O–H groups in total. The van der Waals surface area contributed by atoms with Crippen LogP contribution in [0.15, 0.2) is 6.07 Å². The molecule has 0 aromatic heterocycles. The molecule has 1 amide bonds. The van der Waals surface area contributed by atoms with Crippen molar-refractivity contribution in [3.05, 3.63) is 22.3 Å². The Morgan fingerprint density at radius 3 is 2.43 bits per heavy atom. The van der Waals surface area contributed by atoms with Crippen molar-refractivity contribution in [1.29, 1.82) is 0 Å². The second kappa shape index (κ2) is 8.82. The number of hydrogen-bond acceptors (Lipinski definition) is 4. The summed E-state index contributed by atoms with van der Waals surface area (Å²) in [6.45, 7) is 5.39. The van der Waals surface area contributed by atoms with E-state index in [2.05, 4.69) is 50.5 Å². The van der Waals surface area contributed by atoms with Crippen LogP contribution in [0, 0.1) is 10.7 Å². The number of rotatable bonds is 5. The van der Waals surface area contributed by atoms with Crippen molar-refractivity contribution in [3.63, 3.8) is 0 Å². The molecule has 21 heavy (non-hydrogen) atoms. The number of anilines is 1. The Balaban J connectivity index is 3.17. The van der Waals surface area contributed by atoms with Gasteiger partial charge in [-0.3, -0.25) is 4.79 Å². The highest BCUT2D eigenvalue weighted by Crippen LogP contribution is 2.32. The number of esters is 1. The third-order valence-electron chi connectivity index (χ3n) is 2.35. The van der Waals surface area contributed by atoms with Crippen molar-refractivity contribution in [2.75, 3.05) is 11.9 Å². The lowest BCUT2D eigenvalue weighted by molar-refractivity contribution is -0.114. The summed E-state index contributed by atoms with van der Waals surface area (Å²) in [4.78, 5) is 23.6. The summed E-state index contributed by atoms with van der Waals surface area (Å²) in [5.74, 6) is -0.651. The lowest BCUT2D eigenvalue weighted by Gasteiger charge is -2.17. The van der Waals surface area contributed by atoms with Crippen LogP contribution in [-0.4, -0.2) is 24.8 Å². The predicted molar refractivity (Wildman–Crippen MR) is 105 cm³/mol. The van der Waals surface area contributed by atoms with Crippen LogP contribution in [-0.2, 0) is 14.3 Å². The summed E-state index contributed by atoms with van der Waals surface area (Å²) in [6, 6.07) is 1.83. The van der Waals surface area contributed by atoms with Crippen LogP contribution < -0.4 is 5.32 Å². The van der Waals surface area contributed by atoms with Crippen LogP contribution in [0.25, 0.3) is 0 Å². The quantitative estimate of drug-likeness (QED) is 0.304. The molecule has 1 unspecified atom stereocenters. The van der Waals surface area contributed by atoms with Gasteiger partial charge in [-0.15, -0.1) is 0 Å². The summed E-state index contributed by atoms with van der Waals surface area (Å²) in [5.41, 5.74) is 1.06. The maximum absolute atomic E-state index is 12.3. The first kappa shape index (κ1) is 19.4. The second-order valence-electron chi connectivity index (χ2n) is 4.01. The number of halogens is 3. The van der Waals surface area contributed by atoms with Crippen molar-refractivity contribution in [3.8, 4) is 0 Å². The zero-order valence-corrected chi connectivity index (χ0v) is 18.1. The number of hydrogen-bond donors (Lipinski definition) is 1. The van der Waals surface area contributed by atoms with Crippen molar-refractivity contribution < 1.29 is 19.1 Å². The van der Waals surface area contributed by atoms with Gasteiger partial charge in [0.2, 0.25) is 5.91 Å². The van der Waals surface area contributed by atoms with Crippen molar-refractivity contribution in [2.45, 2.75) is 27.1 Å². The van der Waals surface area contributed by atoms with Gasteiger partial charge in [0.05, 0.1) is 14.8 Å². The highest BCUT2D eigenvalue weighted by Gasteiger charge is 2.23. The Bertz CT molecular complexity index is 563. The Hall–Kier alpha value is 0.310. The molecule has 116 valence electrons. The predicted octanol–water partition coefficient (Wildman–Crippen LogP) is 4.00. The number of ether oxygens (including phenoxy) is 2. The maximum Gasteiger partial charge on any atom is 0.342 e. The van der Waals surface area contributed by atoms with E-state index >= 15 is 0 Å². The molecule has 1 aromatic rings. The van der Waals surface area contributed by atoms with Gasteiger partial charge in [-0.25, -0.2) is 4.79 Å². The number of carbonyl (C=O) groups excluding carboxylic acids is 2. The third-order valence-corrected chi connectivity index (χ3v) is 5.13. The minimum absolute atomic E-state index is 0.186. The number of amides is 1. The Kier molecular flexibility index (Phi) is 8.13. The molecule has 0 radical (unpaired) electrons. The second-order valence-corrected chi connectivity index (χ2v) is 7.42. The van der Waals surface area contributed by atoms with Crippen LogP contribution in [0.5, 0.6) is 0 Å². The van der Waals surface area contributed by atoms with Gasteiger partial charge in [-0.1, -0.05) is 0 Å². The average molecular weight is 629 g/mol. The summed E-state index contributed by atoms with van der Waals surface area (Å²) in [5, 5.41) is 2.75. The standard InChI is InChI=1S/C13H14I3NO4/c1-4-20-7(3)21-13(19)10-8(14)5-9(15)12(11(10)16)17-6(2)18/h5,7H,4H2,1-3H3,(H,17,18). The fourth-order valence-corrected chi connectivity index (χ4v) is 5.63. The maximum atomic E-state index is 12.3. The molecule has 0 fully saturated rings. The molecule has 5 nitrogen and oxygen atoms in total. The fraction of sp³-hybridized carbons (Fsp3) is 0.385. The number of carbonyl (C=O) groups is 2. The SMILES string of the molecule is CCOC(C)OC(=O)c1c(I)cc(I)c(NC(C)=O)c1I. The highest BCUT2D eigenvalue weighted by atomic mass is 127. The molecule has 0 saturated carbocycles. The van der Waals surface area contributed by atoms with E-state index in [-0.39, 0.29) is 5.91 Å². The van der Waals surface area contributed by atoms with Crippen molar-refractivity contribution in [1.82, 2.24) is 0 Å². The number of benzene rings is 1. The van der Waals surface area contributed by atoms with Gasteiger partial charge >= 0.3 is 5.97 Å². The Labute approximate surface area is 164 Å². The van der Waals surface area contributed by atoms with E-state index < -0.39 is 12.3 Å². The van der Waals surface area contributed by atoms with Gasteiger partial charge in [-0.05, 0) is 87.7 Å². The van der Waals surface area contributed by atoms with E-state index in [0.717, 1.165) is 7.14 Å². The molecule has 0 saturated heterocycles. The van der Waals surface area contributed by atoms with Gasteiger partial charge in [0.1, 0.15) is 0 Å². The first-order chi connectivity index (χ1) is 9.77. The van der Waals surface area contributed by atoms with Crippen LogP contribution in [0.1, 0.15) is 31.1 Å². The van der Waals surface area contributed by atoms with Crippen LogP contribution >= 0.6 is 67.8 Å². The minimum Gasteiger partial charge on any atom is -0.432 e. The molecule has 0 heterocycles. The molecular formula is C13H14I3NO4. The molecule has 0 bridgehead atoms. The van der Waals surface area contributed by atoms with Crippen LogP contribution in [0.2, 0.25) is 0 Å². The first-order valence-corrected chi connectivity index (χ1v) is 9.29. The van der Waals surface area contributed by atoms with E-state index in [1.165, 1.54) is 6.92 Å². The Morgan fingerprint density at radius 2 is 1.90 bits per heavy atom. The molecule has 1 aromatic carbocycles. The fourth-order valence-electron chi connectivity index (χ4n) is 1.55. The van der Waals surface area contributed by atoms with E-state index in [1.807, 2.05) is 35.6 Å². The van der Waals surface area contributed by atoms with E-state index in [4.69, 9.17) is 9.47 Å². The largest absolute Gasteiger partial charge is 0.432 e. The van der Waals surface area contributed by atoms with E-state index in [1.54, 1.807) is 6.92 Å². The summed E-state index contributed by atoms with van der Waals surface area (Å²) >= 11 is 6.25. The topological polar surface area (TPSA) is 64.6 Å². The van der Waals surface area contributed by atoms with E-state index in [9.17, 15) is 9.59 Å². The molecule has 0 aliphatic heterocycles. The summed E-state index contributed by atoms with van der Waals surface area (Å²) in [7, 11) is 0. The van der Waals surface area contributed by atoms with Crippen LogP contribution in [0.4, 0.5) is 5.69 Å². The van der Waals surface area contributed by atoms with Crippen LogP contribution in [0.3, 0.4) is 0 Å². The smallest absolute Gasteiger partial charge is 0.342 e. The Morgan fingerprint density at radius 1 is 1.29 bits per heavy atom. The molecule has 0 aliphatic rings. The summed E-state index contributed by atoms with van der Waals surface area (Å²) < 4.78 is 12.8. The molecule has 1 atom stereocenters. The summed E-state index contributed by atoms with van der Waals surface area (Å²) in [6.07, 6.45) is -0.613. The molecule has 8 heteroatoms.